The van der Waals surface area contributed by atoms with Crippen molar-refractivity contribution in [3.63, 3.8) is 0 Å². The molecule has 1 aliphatic rings. The van der Waals surface area contributed by atoms with Crippen molar-refractivity contribution in [2.75, 3.05) is 6.54 Å². The highest BCUT2D eigenvalue weighted by molar-refractivity contribution is 5.72. The molecule has 1 heterocycles. The number of hydrogen-bond donors (Lipinski definition) is 2. The van der Waals surface area contributed by atoms with Gasteiger partial charge in [0.25, 0.3) is 0 Å². The summed E-state index contributed by atoms with van der Waals surface area (Å²) in [5.41, 5.74) is 0. The Bertz CT molecular complexity index is 228. The Hall–Kier alpha value is -1.26. The van der Waals surface area contributed by atoms with Crippen LogP contribution in [0.3, 0.4) is 0 Å². The predicted molar refractivity (Wildman–Crippen MR) is 44.6 cm³/mol. The summed E-state index contributed by atoms with van der Waals surface area (Å²) in [5, 5.41) is 17.4. The number of aliphatic carboxylic acids is 1. The SMILES string of the molecule is C[C@H]1CC[C@H](C(=O)O)CN1C(=O)O. The first-order valence-corrected chi connectivity index (χ1v) is 4.24. The van der Waals surface area contributed by atoms with E-state index in [9.17, 15) is 9.59 Å². The quantitative estimate of drug-likeness (QED) is 0.637. The van der Waals surface area contributed by atoms with Crippen LogP contribution < -0.4 is 0 Å². The van der Waals surface area contributed by atoms with E-state index in [2.05, 4.69) is 0 Å². The molecule has 1 fully saturated rings. The van der Waals surface area contributed by atoms with Crippen LogP contribution in [-0.4, -0.2) is 39.8 Å². The molecule has 0 bridgehead atoms. The number of rotatable bonds is 1. The lowest BCUT2D eigenvalue weighted by molar-refractivity contribution is -0.143. The molecule has 1 aliphatic heterocycles. The summed E-state index contributed by atoms with van der Waals surface area (Å²) in [6.45, 7) is 1.91. The molecule has 0 aliphatic carbocycles. The normalized spacial score (nSPS) is 28.5. The topological polar surface area (TPSA) is 77.8 Å². The maximum Gasteiger partial charge on any atom is 0.407 e. The zero-order valence-electron chi connectivity index (χ0n) is 7.43. The van der Waals surface area contributed by atoms with Crippen molar-refractivity contribution in [3.05, 3.63) is 0 Å². The minimum atomic E-state index is -1.03. The lowest BCUT2D eigenvalue weighted by atomic mass is 9.94. The van der Waals surface area contributed by atoms with Crippen LogP contribution in [0.15, 0.2) is 0 Å². The van der Waals surface area contributed by atoms with Crippen LogP contribution in [0.5, 0.6) is 0 Å². The Morgan fingerprint density at radius 2 is 1.92 bits per heavy atom. The lowest BCUT2D eigenvalue weighted by Gasteiger charge is -2.34. The number of nitrogens with zero attached hydrogens (tertiary/aromatic N) is 1. The van der Waals surface area contributed by atoms with E-state index in [4.69, 9.17) is 10.2 Å². The van der Waals surface area contributed by atoms with Gasteiger partial charge < -0.3 is 15.1 Å². The fraction of sp³-hybridized carbons (Fsp3) is 0.750. The Morgan fingerprint density at radius 1 is 1.31 bits per heavy atom. The molecule has 0 aromatic rings. The highest BCUT2D eigenvalue weighted by Crippen LogP contribution is 2.21. The summed E-state index contributed by atoms with van der Waals surface area (Å²) in [7, 11) is 0. The van der Waals surface area contributed by atoms with E-state index in [-0.39, 0.29) is 12.6 Å². The number of carboxylic acids is 1. The van der Waals surface area contributed by atoms with Crippen LogP contribution in [0.4, 0.5) is 4.79 Å². The maximum atomic E-state index is 10.7. The largest absolute Gasteiger partial charge is 0.481 e. The fourth-order valence-corrected chi connectivity index (χ4v) is 1.58. The van der Waals surface area contributed by atoms with Gasteiger partial charge in [0.05, 0.1) is 5.92 Å². The van der Waals surface area contributed by atoms with Gasteiger partial charge in [-0.05, 0) is 19.8 Å². The smallest absolute Gasteiger partial charge is 0.407 e. The van der Waals surface area contributed by atoms with E-state index in [1.54, 1.807) is 6.92 Å². The van der Waals surface area contributed by atoms with Crippen LogP contribution in [0.1, 0.15) is 19.8 Å². The average Bonchev–Trinajstić information content (AvgIpc) is 2.04. The molecule has 13 heavy (non-hydrogen) atoms. The maximum absolute atomic E-state index is 10.7. The molecule has 5 heteroatoms. The zero-order chi connectivity index (χ0) is 10.0. The number of likely N-dealkylation sites (tertiary alicyclic amines) is 1. The molecule has 2 atom stereocenters. The molecular weight excluding hydrogens is 174 g/mol. The highest BCUT2D eigenvalue weighted by Gasteiger charge is 2.32. The van der Waals surface area contributed by atoms with Gasteiger partial charge in [-0.2, -0.15) is 0 Å². The van der Waals surface area contributed by atoms with Gasteiger partial charge in [-0.3, -0.25) is 4.79 Å². The fourth-order valence-electron chi connectivity index (χ4n) is 1.58. The Balaban J connectivity index is 2.63. The van der Waals surface area contributed by atoms with Gasteiger partial charge in [-0.25, -0.2) is 4.79 Å². The molecule has 0 aromatic heterocycles. The molecular formula is C8H13NO4. The molecule has 0 saturated carbocycles. The first-order chi connectivity index (χ1) is 6.02. The first kappa shape index (κ1) is 9.83. The van der Waals surface area contributed by atoms with Crippen LogP contribution in [0.2, 0.25) is 0 Å². The second kappa shape index (κ2) is 3.64. The van der Waals surface area contributed by atoms with E-state index in [0.717, 1.165) is 0 Å². The van der Waals surface area contributed by atoms with Crippen molar-refractivity contribution in [2.45, 2.75) is 25.8 Å². The summed E-state index contributed by atoms with van der Waals surface area (Å²) in [6.07, 6.45) is 0.169. The molecule has 0 aromatic carbocycles. The summed E-state index contributed by atoms with van der Waals surface area (Å²) in [5.74, 6) is -1.44. The third-order valence-electron chi connectivity index (χ3n) is 2.48. The van der Waals surface area contributed by atoms with E-state index < -0.39 is 18.0 Å². The first-order valence-electron chi connectivity index (χ1n) is 4.24. The number of amides is 1. The van der Waals surface area contributed by atoms with Gasteiger partial charge in [0.1, 0.15) is 0 Å². The monoisotopic (exact) mass is 187 g/mol. The summed E-state index contributed by atoms with van der Waals surface area (Å²) in [6, 6.07) is -0.0619. The molecule has 5 nitrogen and oxygen atoms in total. The highest BCUT2D eigenvalue weighted by atomic mass is 16.4. The number of carboxylic acid groups (broad SMARTS) is 2. The second-order valence-corrected chi connectivity index (χ2v) is 3.40. The molecule has 0 radical (unpaired) electrons. The van der Waals surface area contributed by atoms with Crippen molar-refractivity contribution < 1.29 is 19.8 Å². The summed E-state index contributed by atoms with van der Waals surface area (Å²) >= 11 is 0. The van der Waals surface area contributed by atoms with Crippen molar-refractivity contribution >= 4 is 12.1 Å². The van der Waals surface area contributed by atoms with Crippen molar-refractivity contribution in [1.82, 2.24) is 4.90 Å². The standard InChI is InChI=1S/C8H13NO4/c1-5-2-3-6(7(10)11)4-9(5)8(12)13/h5-6H,2-4H2,1H3,(H,10,11)(H,12,13)/t5-,6-/m0/s1. The Kier molecular flexibility index (Phi) is 2.75. The van der Waals surface area contributed by atoms with Crippen LogP contribution in [-0.2, 0) is 4.79 Å². The lowest BCUT2D eigenvalue weighted by Crippen LogP contribution is -2.46. The van der Waals surface area contributed by atoms with E-state index in [1.165, 1.54) is 4.90 Å². The van der Waals surface area contributed by atoms with E-state index in [0.29, 0.717) is 12.8 Å². The third-order valence-corrected chi connectivity index (χ3v) is 2.48. The van der Waals surface area contributed by atoms with Gasteiger partial charge in [0.15, 0.2) is 0 Å². The van der Waals surface area contributed by atoms with Crippen LogP contribution >= 0.6 is 0 Å². The van der Waals surface area contributed by atoms with Crippen molar-refractivity contribution in [3.8, 4) is 0 Å². The van der Waals surface area contributed by atoms with E-state index >= 15 is 0 Å². The minimum absolute atomic E-state index is 0.0619. The van der Waals surface area contributed by atoms with E-state index in [1.807, 2.05) is 0 Å². The summed E-state index contributed by atoms with van der Waals surface area (Å²) in [4.78, 5) is 22.5. The van der Waals surface area contributed by atoms with Gasteiger partial charge in [0, 0.05) is 12.6 Å². The molecule has 0 unspecified atom stereocenters. The molecule has 1 amide bonds. The third kappa shape index (κ3) is 2.11. The zero-order valence-corrected chi connectivity index (χ0v) is 7.43. The van der Waals surface area contributed by atoms with Crippen molar-refractivity contribution in [1.29, 1.82) is 0 Å². The van der Waals surface area contributed by atoms with Crippen LogP contribution in [0, 0.1) is 5.92 Å². The molecule has 1 saturated heterocycles. The van der Waals surface area contributed by atoms with Gasteiger partial charge in [-0.1, -0.05) is 0 Å². The average molecular weight is 187 g/mol. The number of hydrogen-bond acceptors (Lipinski definition) is 2. The molecule has 2 N–H and O–H groups in total. The summed E-state index contributed by atoms with van der Waals surface area (Å²) < 4.78 is 0. The van der Waals surface area contributed by atoms with Crippen molar-refractivity contribution in [2.24, 2.45) is 5.92 Å². The molecule has 74 valence electrons. The predicted octanol–water partition coefficient (Wildman–Crippen LogP) is 0.850. The number of piperidine rings is 1. The van der Waals surface area contributed by atoms with Gasteiger partial charge >= 0.3 is 12.1 Å². The van der Waals surface area contributed by atoms with Gasteiger partial charge in [0.2, 0.25) is 0 Å². The molecule has 0 spiro atoms. The number of carbonyl (C=O) groups is 2. The minimum Gasteiger partial charge on any atom is -0.481 e. The Morgan fingerprint density at radius 3 is 2.38 bits per heavy atom. The Labute approximate surface area is 76.0 Å². The van der Waals surface area contributed by atoms with Crippen LogP contribution in [0.25, 0.3) is 0 Å². The van der Waals surface area contributed by atoms with Gasteiger partial charge in [-0.15, -0.1) is 0 Å². The molecule has 1 rings (SSSR count). The second-order valence-electron chi connectivity index (χ2n) is 3.40.